The molecule has 0 unspecified atom stereocenters. The number of H-pyrrole nitrogens is 1. The third-order valence-corrected chi connectivity index (χ3v) is 3.58. The van der Waals surface area contributed by atoms with Gasteiger partial charge in [0.2, 0.25) is 5.43 Å². The van der Waals surface area contributed by atoms with Crippen molar-refractivity contribution in [3.05, 3.63) is 39.7 Å². The van der Waals surface area contributed by atoms with Gasteiger partial charge in [0, 0.05) is 18.2 Å². The highest BCUT2D eigenvalue weighted by molar-refractivity contribution is 5.95. The molecule has 5 heteroatoms. The highest BCUT2D eigenvalue weighted by atomic mass is 16.5. The lowest BCUT2D eigenvalue weighted by Crippen LogP contribution is -2.24. The molecule has 0 saturated heterocycles. The molecule has 5 nitrogen and oxygen atoms in total. The lowest BCUT2D eigenvalue weighted by molar-refractivity contribution is 0.0524. The van der Waals surface area contributed by atoms with Crippen molar-refractivity contribution in [2.45, 2.75) is 32.8 Å². The summed E-state index contributed by atoms with van der Waals surface area (Å²) in [4.78, 5) is 27.2. The van der Waals surface area contributed by atoms with Crippen LogP contribution in [-0.4, -0.2) is 23.2 Å². The Balaban J connectivity index is 2.18. The number of aromatic amines is 1. The Morgan fingerprint density at radius 2 is 2.19 bits per heavy atom. The molecular weight excluding hydrogens is 270 g/mol. The van der Waals surface area contributed by atoms with Crippen LogP contribution in [0.4, 0.5) is 0 Å². The number of carbonyl (C=O) groups excluding carboxylic acids is 1. The highest BCUT2D eigenvalue weighted by Gasteiger charge is 2.32. The smallest absolute Gasteiger partial charge is 0.343 e. The number of carbonyl (C=O) groups is 1. The number of nitrogens with one attached hydrogen (secondary N) is 1. The molecule has 3 rings (SSSR count). The highest BCUT2D eigenvalue weighted by Crippen LogP contribution is 2.38. The number of fused-ring (bicyclic) bond motifs is 3. The molecule has 1 aliphatic heterocycles. The number of esters is 1. The van der Waals surface area contributed by atoms with Gasteiger partial charge in [-0.05, 0) is 26.8 Å². The van der Waals surface area contributed by atoms with Crippen LogP contribution in [0.3, 0.4) is 0 Å². The van der Waals surface area contributed by atoms with Gasteiger partial charge in [0.25, 0.3) is 0 Å². The van der Waals surface area contributed by atoms with Gasteiger partial charge in [0.15, 0.2) is 0 Å². The van der Waals surface area contributed by atoms with Crippen LogP contribution < -0.4 is 10.2 Å². The molecule has 1 aromatic carbocycles. The Morgan fingerprint density at radius 1 is 1.43 bits per heavy atom. The third-order valence-electron chi connectivity index (χ3n) is 3.58. The Kier molecular flexibility index (Phi) is 3.01. The van der Waals surface area contributed by atoms with E-state index in [2.05, 4.69) is 4.98 Å². The quantitative estimate of drug-likeness (QED) is 0.861. The van der Waals surface area contributed by atoms with Gasteiger partial charge in [0.05, 0.1) is 17.5 Å². The fourth-order valence-corrected chi connectivity index (χ4v) is 2.70. The monoisotopic (exact) mass is 287 g/mol. The summed E-state index contributed by atoms with van der Waals surface area (Å²) in [5, 5.41) is 0.442. The number of benzene rings is 1. The normalized spacial score (nSPS) is 15.6. The number of ether oxygens (including phenoxy) is 2. The van der Waals surface area contributed by atoms with Gasteiger partial charge in [-0.2, -0.15) is 0 Å². The summed E-state index contributed by atoms with van der Waals surface area (Å²) in [6.07, 6.45) is 2.19. The second-order valence-electron chi connectivity index (χ2n) is 5.77. The van der Waals surface area contributed by atoms with Gasteiger partial charge in [0.1, 0.15) is 16.9 Å². The first-order chi connectivity index (χ1) is 9.93. The molecule has 0 atom stereocenters. The molecule has 110 valence electrons. The largest absolute Gasteiger partial charge is 0.485 e. The van der Waals surface area contributed by atoms with E-state index in [1.54, 1.807) is 13.0 Å². The molecule has 1 aromatic heterocycles. The van der Waals surface area contributed by atoms with Crippen LogP contribution in [0, 0.1) is 0 Å². The van der Waals surface area contributed by atoms with E-state index in [-0.39, 0.29) is 23.2 Å². The molecule has 0 radical (unpaired) electrons. The summed E-state index contributed by atoms with van der Waals surface area (Å²) in [5.41, 5.74) is 1.09. The third kappa shape index (κ3) is 2.18. The van der Waals surface area contributed by atoms with Crippen LogP contribution in [0.5, 0.6) is 5.75 Å². The van der Waals surface area contributed by atoms with Crippen molar-refractivity contribution in [2.24, 2.45) is 0 Å². The summed E-state index contributed by atoms with van der Waals surface area (Å²) in [7, 11) is 0. The van der Waals surface area contributed by atoms with E-state index in [0.717, 1.165) is 12.0 Å². The summed E-state index contributed by atoms with van der Waals surface area (Å²) < 4.78 is 10.8. The first kappa shape index (κ1) is 13.7. The van der Waals surface area contributed by atoms with Gasteiger partial charge in [-0.3, -0.25) is 4.79 Å². The average Bonchev–Trinajstić information content (AvgIpc) is 2.73. The van der Waals surface area contributed by atoms with E-state index in [9.17, 15) is 9.59 Å². The number of hydrogen-bond acceptors (Lipinski definition) is 4. The summed E-state index contributed by atoms with van der Waals surface area (Å²) in [6, 6.07) is 3.62. The predicted molar refractivity (Wildman–Crippen MR) is 78.9 cm³/mol. The standard InChI is InChI=1S/C16H17NO4/c1-4-20-15(19)11-8-17-12-10(13(11)18)6-5-9-7-16(2,3)21-14(9)12/h5-6,8H,4,7H2,1-3H3,(H,17,18). The van der Waals surface area contributed by atoms with E-state index in [0.29, 0.717) is 16.7 Å². The fraction of sp³-hybridized carbons (Fsp3) is 0.375. The SMILES string of the molecule is CCOC(=O)c1c[nH]c2c3c(ccc2c1=O)CC(C)(C)O3. The predicted octanol–water partition coefficient (Wildman–Crippen LogP) is 2.42. The van der Waals surface area contributed by atoms with Crippen molar-refractivity contribution < 1.29 is 14.3 Å². The zero-order valence-corrected chi connectivity index (χ0v) is 12.3. The zero-order chi connectivity index (χ0) is 15.2. The molecule has 2 aromatic rings. The summed E-state index contributed by atoms with van der Waals surface area (Å²) in [6.45, 7) is 5.95. The maximum atomic E-state index is 12.4. The summed E-state index contributed by atoms with van der Waals surface area (Å²) >= 11 is 0. The van der Waals surface area contributed by atoms with Gasteiger partial charge in [-0.1, -0.05) is 6.07 Å². The van der Waals surface area contributed by atoms with Crippen molar-refractivity contribution in [1.82, 2.24) is 4.98 Å². The molecule has 21 heavy (non-hydrogen) atoms. The number of hydrogen-bond donors (Lipinski definition) is 1. The van der Waals surface area contributed by atoms with Crippen molar-refractivity contribution >= 4 is 16.9 Å². The minimum atomic E-state index is -0.609. The molecule has 1 aliphatic rings. The zero-order valence-electron chi connectivity index (χ0n) is 12.3. The molecular formula is C16H17NO4. The van der Waals surface area contributed by atoms with Crippen LogP contribution in [0.2, 0.25) is 0 Å². The molecule has 0 bridgehead atoms. The first-order valence-corrected chi connectivity index (χ1v) is 6.96. The van der Waals surface area contributed by atoms with Crippen LogP contribution in [0.15, 0.2) is 23.1 Å². The van der Waals surface area contributed by atoms with Crippen molar-refractivity contribution in [3.8, 4) is 5.75 Å². The molecule has 0 spiro atoms. The topological polar surface area (TPSA) is 68.4 Å². The van der Waals surface area contributed by atoms with E-state index in [1.807, 2.05) is 19.9 Å². The van der Waals surface area contributed by atoms with Crippen molar-refractivity contribution in [2.75, 3.05) is 6.61 Å². The van der Waals surface area contributed by atoms with Gasteiger partial charge < -0.3 is 14.5 Å². The second-order valence-corrected chi connectivity index (χ2v) is 5.77. The Hall–Kier alpha value is -2.30. The van der Waals surface area contributed by atoms with Crippen LogP contribution in [0.1, 0.15) is 36.7 Å². The van der Waals surface area contributed by atoms with E-state index in [1.165, 1.54) is 6.20 Å². The summed E-state index contributed by atoms with van der Waals surface area (Å²) in [5.74, 6) is 0.0902. The van der Waals surface area contributed by atoms with E-state index < -0.39 is 5.97 Å². The molecule has 0 amide bonds. The fourth-order valence-electron chi connectivity index (χ4n) is 2.70. The first-order valence-electron chi connectivity index (χ1n) is 6.96. The second kappa shape index (κ2) is 4.62. The minimum absolute atomic E-state index is 0.0153. The molecule has 2 heterocycles. The molecule has 1 N–H and O–H groups in total. The van der Waals surface area contributed by atoms with Crippen molar-refractivity contribution in [1.29, 1.82) is 0 Å². The van der Waals surface area contributed by atoms with Gasteiger partial charge in [-0.15, -0.1) is 0 Å². The number of aromatic nitrogens is 1. The van der Waals surface area contributed by atoms with E-state index >= 15 is 0 Å². The molecule has 0 aliphatic carbocycles. The van der Waals surface area contributed by atoms with Gasteiger partial charge in [-0.25, -0.2) is 4.79 Å². The number of pyridine rings is 1. The van der Waals surface area contributed by atoms with Crippen LogP contribution >= 0.6 is 0 Å². The maximum absolute atomic E-state index is 12.4. The lowest BCUT2D eigenvalue weighted by atomic mass is 10.0. The van der Waals surface area contributed by atoms with Crippen LogP contribution in [-0.2, 0) is 11.2 Å². The molecule has 0 saturated carbocycles. The van der Waals surface area contributed by atoms with Crippen molar-refractivity contribution in [3.63, 3.8) is 0 Å². The maximum Gasteiger partial charge on any atom is 0.343 e. The van der Waals surface area contributed by atoms with E-state index in [4.69, 9.17) is 9.47 Å². The minimum Gasteiger partial charge on any atom is -0.485 e. The Labute approximate surface area is 121 Å². The van der Waals surface area contributed by atoms with Gasteiger partial charge >= 0.3 is 5.97 Å². The Bertz CT molecular complexity index is 789. The lowest BCUT2D eigenvalue weighted by Gasteiger charge is -2.17. The Morgan fingerprint density at radius 3 is 2.90 bits per heavy atom. The van der Waals surface area contributed by atoms with Crippen LogP contribution in [0.25, 0.3) is 10.9 Å². The average molecular weight is 287 g/mol. The number of rotatable bonds is 2. The molecule has 0 fully saturated rings.